The molecule has 6 nitrogen and oxygen atoms in total. The highest BCUT2D eigenvalue weighted by atomic mass is 16.4. The van der Waals surface area contributed by atoms with Crippen LogP contribution >= 0.6 is 0 Å². The number of hydrogen-bond acceptors (Lipinski definition) is 4. The lowest BCUT2D eigenvalue weighted by Crippen LogP contribution is -2.24. The van der Waals surface area contributed by atoms with Gasteiger partial charge >= 0.3 is 11.9 Å². The van der Waals surface area contributed by atoms with Gasteiger partial charge in [0.1, 0.15) is 0 Å². The van der Waals surface area contributed by atoms with Crippen LogP contribution in [-0.2, 0) is 19.2 Å². The second kappa shape index (κ2) is 13.3. The molecule has 0 saturated carbocycles. The first-order valence-electron chi connectivity index (χ1n) is 14.2. The Morgan fingerprint density at radius 3 is 1.10 bits per heavy atom. The lowest BCUT2D eigenvalue weighted by Gasteiger charge is -2.27. The molecule has 2 N–H and O–H groups in total. The molecule has 0 radical (unpaired) electrons. The highest BCUT2D eigenvalue weighted by Crippen LogP contribution is 2.37. The van der Waals surface area contributed by atoms with E-state index in [9.17, 15) is 29.4 Å². The van der Waals surface area contributed by atoms with Gasteiger partial charge in [-0.05, 0) is 108 Å². The van der Waals surface area contributed by atoms with Crippen LogP contribution in [0.2, 0.25) is 0 Å². The highest BCUT2D eigenvalue weighted by molar-refractivity contribution is 6.10. The molecule has 2 rings (SSSR count). The number of carboxylic acid groups (broad SMARTS) is 2. The molecule has 0 amide bonds. The fourth-order valence-electron chi connectivity index (χ4n) is 5.42. The van der Waals surface area contributed by atoms with Gasteiger partial charge in [-0.2, -0.15) is 0 Å². The van der Waals surface area contributed by atoms with Crippen molar-refractivity contribution in [3.63, 3.8) is 0 Å². The zero-order valence-electron chi connectivity index (χ0n) is 25.2. The molecule has 0 bridgehead atoms. The molecule has 40 heavy (non-hydrogen) atoms. The van der Waals surface area contributed by atoms with Crippen molar-refractivity contribution in [2.45, 2.75) is 121 Å². The summed E-state index contributed by atoms with van der Waals surface area (Å²) < 4.78 is 0. The van der Waals surface area contributed by atoms with Gasteiger partial charge in [0.2, 0.25) is 0 Å². The van der Waals surface area contributed by atoms with Gasteiger partial charge in [-0.15, -0.1) is 0 Å². The van der Waals surface area contributed by atoms with Gasteiger partial charge in [0.05, 0.1) is 10.8 Å². The van der Waals surface area contributed by atoms with E-state index < -0.39 is 22.8 Å². The lowest BCUT2D eigenvalue weighted by atomic mass is 9.76. The van der Waals surface area contributed by atoms with Crippen LogP contribution < -0.4 is 0 Å². The lowest BCUT2D eigenvalue weighted by molar-refractivity contribution is -0.148. The SMILES string of the molecule is C.CC1(C)C=C(CCCC2=CC(C)(C)C=C(CCCC(C)(C)C(=O)O)C2=O)C(=O)C(CCCC(C)(C)C(=O)O)=C1. The molecule has 0 saturated heterocycles. The summed E-state index contributed by atoms with van der Waals surface area (Å²) in [6.07, 6.45) is 13.3. The maximum Gasteiger partial charge on any atom is 0.309 e. The summed E-state index contributed by atoms with van der Waals surface area (Å²) in [6, 6.07) is 0. The topological polar surface area (TPSA) is 109 Å². The zero-order valence-corrected chi connectivity index (χ0v) is 25.2. The van der Waals surface area contributed by atoms with E-state index in [1.807, 2.05) is 24.3 Å². The predicted octanol–water partition coefficient (Wildman–Crippen LogP) is 8.28. The number of allylic oxidation sites excluding steroid dienone is 8. The number of rotatable bonds is 14. The largest absolute Gasteiger partial charge is 0.481 e. The predicted molar refractivity (Wildman–Crippen MR) is 161 cm³/mol. The fourth-order valence-corrected chi connectivity index (χ4v) is 5.42. The van der Waals surface area contributed by atoms with E-state index in [-0.39, 0.29) is 29.8 Å². The molecular formula is C34H52O6. The Bertz CT molecular complexity index is 1030. The van der Waals surface area contributed by atoms with Crippen molar-refractivity contribution in [3.8, 4) is 0 Å². The van der Waals surface area contributed by atoms with Crippen molar-refractivity contribution in [3.05, 3.63) is 46.6 Å². The number of aliphatic carboxylic acids is 2. The smallest absolute Gasteiger partial charge is 0.309 e. The molecule has 0 heterocycles. The molecule has 0 aromatic carbocycles. The number of carbonyl (C=O) groups excluding carboxylic acids is 2. The van der Waals surface area contributed by atoms with E-state index in [2.05, 4.69) is 27.7 Å². The summed E-state index contributed by atoms with van der Waals surface area (Å²) in [5.74, 6) is -1.59. The molecule has 2 aliphatic rings. The summed E-state index contributed by atoms with van der Waals surface area (Å²) in [5.41, 5.74) is 0.880. The van der Waals surface area contributed by atoms with Gasteiger partial charge in [0.15, 0.2) is 11.6 Å². The molecule has 0 fully saturated rings. The number of Topliss-reactive ketones (excluding diaryl/α,β-unsaturated/α-hetero) is 2. The third-order valence-corrected chi connectivity index (χ3v) is 7.90. The Labute approximate surface area is 241 Å². The maximum absolute atomic E-state index is 13.3. The Morgan fingerprint density at radius 2 is 0.850 bits per heavy atom. The molecule has 0 aliphatic heterocycles. The van der Waals surface area contributed by atoms with Crippen molar-refractivity contribution in [2.24, 2.45) is 21.7 Å². The molecule has 0 aromatic heterocycles. The van der Waals surface area contributed by atoms with Crippen LogP contribution in [0.15, 0.2) is 46.6 Å². The Kier molecular flexibility index (Phi) is 11.7. The Balaban J connectivity index is 0.00000800. The molecule has 224 valence electrons. The molecule has 6 heteroatoms. The van der Waals surface area contributed by atoms with E-state index >= 15 is 0 Å². The second-order valence-corrected chi connectivity index (χ2v) is 13.9. The molecule has 0 atom stereocenters. The van der Waals surface area contributed by atoms with Crippen LogP contribution in [0.1, 0.15) is 121 Å². The van der Waals surface area contributed by atoms with Gasteiger partial charge in [-0.3, -0.25) is 19.2 Å². The third-order valence-electron chi connectivity index (χ3n) is 7.90. The average Bonchev–Trinajstić information content (AvgIpc) is 2.78. The van der Waals surface area contributed by atoms with Crippen LogP contribution in [-0.4, -0.2) is 33.7 Å². The monoisotopic (exact) mass is 556 g/mol. The van der Waals surface area contributed by atoms with E-state index in [1.165, 1.54) is 0 Å². The van der Waals surface area contributed by atoms with Gasteiger partial charge < -0.3 is 10.2 Å². The highest BCUT2D eigenvalue weighted by Gasteiger charge is 2.31. The minimum atomic E-state index is -0.829. The molecule has 0 unspecified atom stereocenters. The van der Waals surface area contributed by atoms with Crippen LogP contribution in [0, 0.1) is 21.7 Å². The number of hydrogen-bond donors (Lipinski definition) is 2. The van der Waals surface area contributed by atoms with Gasteiger partial charge in [-0.1, -0.05) is 59.4 Å². The zero-order chi connectivity index (χ0) is 29.8. The summed E-state index contributed by atoms with van der Waals surface area (Å²) in [7, 11) is 0. The van der Waals surface area contributed by atoms with Crippen molar-refractivity contribution in [2.75, 3.05) is 0 Å². The van der Waals surface area contributed by atoms with Crippen LogP contribution in [0.5, 0.6) is 0 Å². The quantitative estimate of drug-likeness (QED) is 0.223. The van der Waals surface area contributed by atoms with Crippen molar-refractivity contribution in [1.82, 2.24) is 0 Å². The van der Waals surface area contributed by atoms with E-state index in [1.54, 1.807) is 27.7 Å². The van der Waals surface area contributed by atoms with Crippen molar-refractivity contribution in [1.29, 1.82) is 0 Å². The van der Waals surface area contributed by atoms with Crippen molar-refractivity contribution < 1.29 is 29.4 Å². The minimum absolute atomic E-state index is 0. The van der Waals surface area contributed by atoms with Crippen LogP contribution in [0.25, 0.3) is 0 Å². The first kappa shape index (κ1) is 35.3. The summed E-state index contributed by atoms with van der Waals surface area (Å²) in [6.45, 7) is 15.1. The molecular weight excluding hydrogens is 504 g/mol. The van der Waals surface area contributed by atoms with E-state index in [0.29, 0.717) is 57.8 Å². The fraction of sp³-hybridized carbons (Fsp3) is 0.647. The molecule has 0 aromatic rings. The Hall–Kier alpha value is -2.76. The van der Waals surface area contributed by atoms with E-state index in [4.69, 9.17) is 0 Å². The van der Waals surface area contributed by atoms with Gasteiger partial charge in [0, 0.05) is 10.8 Å². The summed E-state index contributed by atoms with van der Waals surface area (Å²) in [4.78, 5) is 49.4. The summed E-state index contributed by atoms with van der Waals surface area (Å²) >= 11 is 0. The maximum atomic E-state index is 13.3. The second-order valence-electron chi connectivity index (χ2n) is 13.9. The first-order valence-corrected chi connectivity index (χ1v) is 14.2. The van der Waals surface area contributed by atoms with Gasteiger partial charge in [-0.25, -0.2) is 0 Å². The standard InChI is InChI=1S/C33H48O6.CH4/c1-30(2)18-22(26(34)24(20-30)14-10-16-32(5,6)28(36)37)12-9-13-23-19-31(3,4)21-25(27(23)35)15-11-17-33(7,8)29(38)39;/h18-21H,9-17H2,1-8H3,(H,36,37)(H,38,39);1H4. The normalized spacial score (nSPS) is 18.7. The molecule has 0 spiro atoms. The van der Waals surface area contributed by atoms with Crippen LogP contribution in [0.4, 0.5) is 0 Å². The van der Waals surface area contributed by atoms with Gasteiger partial charge in [0.25, 0.3) is 0 Å². The number of carbonyl (C=O) groups is 4. The Morgan fingerprint density at radius 1 is 0.600 bits per heavy atom. The molecule has 2 aliphatic carbocycles. The summed E-state index contributed by atoms with van der Waals surface area (Å²) in [5, 5.41) is 18.8. The average molecular weight is 557 g/mol. The minimum Gasteiger partial charge on any atom is -0.481 e. The first-order chi connectivity index (χ1) is 17.8. The number of ketones is 2. The van der Waals surface area contributed by atoms with E-state index in [0.717, 1.165) is 22.3 Å². The van der Waals surface area contributed by atoms with Crippen molar-refractivity contribution >= 4 is 23.5 Å². The van der Waals surface area contributed by atoms with Crippen LogP contribution in [0.3, 0.4) is 0 Å². The third kappa shape index (κ3) is 9.71. The number of carboxylic acids is 2.